The van der Waals surface area contributed by atoms with Crippen LogP contribution in [0, 0.1) is 5.92 Å². The van der Waals surface area contributed by atoms with E-state index in [1.807, 2.05) is 59.5 Å². The fourth-order valence-electron chi connectivity index (χ4n) is 4.50. The van der Waals surface area contributed by atoms with Crippen LogP contribution in [0.1, 0.15) is 6.42 Å². The number of ether oxygens (including phenoxy) is 1. The van der Waals surface area contributed by atoms with Crippen molar-refractivity contribution in [3.05, 3.63) is 60.8 Å². The van der Waals surface area contributed by atoms with Crippen LogP contribution < -0.4 is 15.0 Å². The van der Waals surface area contributed by atoms with Crippen LogP contribution in [0.5, 0.6) is 5.75 Å². The standard InChI is InChI=1S/C25H27N5O3/c1-33-21-9-7-20(8-10-21)28-11-13-29(14-12-28)23(31)15-19-17-30-24(27-25(19)32)22(16-26-30)18-5-3-2-4-6-18/h2-10,16,19H,11-15,17H2,1H3,(H,27,32)/t19-/m1/s1. The third-order valence-electron chi connectivity index (χ3n) is 6.42. The molecule has 0 bridgehead atoms. The second kappa shape index (κ2) is 8.97. The molecule has 3 aromatic rings. The molecule has 3 heterocycles. The number of rotatable bonds is 5. The van der Waals surface area contributed by atoms with Crippen LogP contribution in [0.4, 0.5) is 11.5 Å². The molecule has 1 N–H and O–H groups in total. The fourth-order valence-corrected chi connectivity index (χ4v) is 4.50. The molecule has 0 radical (unpaired) electrons. The number of hydrogen-bond donors (Lipinski definition) is 1. The predicted molar refractivity (Wildman–Crippen MR) is 126 cm³/mol. The molecule has 33 heavy (non-hydrogen) atoms. The maximum Gasteiger partial charge on any atom is 0.231 e. The Kier molecular flexibility index (Phi) is 5.73. The summed E-state index contributed by atoms with van der Waals surface area (Å²) in [6, 6.07) is 17.8. The highest BCUT2D eigenvalue weighted by molar-refractivity contribution is 5.98. The van der Waals surface area contributed by atoms with Gasteiger partial charge in [-0.05, 0) is 29.8 Å². The Morgan fingerprint density at radius 3 is 2.48 bits per heavy atom. The molecule has 0 spiro atoms. The van der Waals surface area contributed by atoms with E-state index in [9.17, 15) is 9.59 Å². The lowest BCUT2D eigenvalue weighted by molar-refractivity contribution is -0.135. The predicted octanol–water partition coefficient (Wildman–Crippen LogP) is 2.87. The van der Waals surface area contributed by atoms with Crippen molar-refractivity contribution in [1.29, 1.82) is 0 Å². The van der Waals surface area contributed by atoms with E-state index in [0.717, 1.165) is 35.7 Å². The summed E-state index contributed by atoms with van der Waals surface area (Å²) in [5, 5.41) is 7.43. The van der Waals surface area contributed by atoms with Gasteiger partial charge in [-0.15, -0.1) is 0 Å². The number of nitrogens with zero attached hydrogens (tertiary/aromatic N) is 4. The van der Waals surface area contributed by atoms with Gasteiger partial charge in [-0.3, -0.25) is 9.59 Å². The zero-order valence-corrected chi connectivity index (χ0v) is 18.6. The molecule has 0 unspecified atom stereocenters. The van der Waals surface area contributed by atoms with E-state index in [1.54, 1.807) is 18.0 Å². The minimum Gasteiger partial charge on any atom is -0.497 e. The highest BCUT2D eigenvalue weighted by Crippen LogP contribution is 2.32. The van der Waals surface area contributed by atoms with Gasteiger partial charge in [-0.2, -0.15) is 5.10 Å². The molecule has 1 aromatic heterocycles. The number of nitrogens with one attached hydrogen (secondary N) is 1. The minimum absolute atomic E-state index is 0.0171. The first-order valence-electron chi connectivity index (χ1n) is 11.2. The van der Waals surface area contributed by atoms with Crippen LogP contribution in [0.2, 0.25) is 0 Å². The summed E-state index contributed by atoms with van der Waals surface area (Å²) in [6.45, 7) is 3.22. The number of carbonyl (C=O) groups is 2. The molecule has 170 valence electrons. The Morgan fingerprint density at radius 2 is 1.79 bits per heavy atom. The molecule has 1 saturated heterocycles. The van der Waals surface area contributed by atoms with Crippen molar-refractivity contribution in [3.63, 3.8) is 0 Å². The van der Waals surface area contributed by atoms with Crippen LogP contribution in [-0.4, -0.2) is 59.8 Å². The Hall–Kier alpha value is -3.81. The zero-order valence-electron chi connectivity index (χ0n) is 18.6. The van der Waals surface area contributed by atoms with Crippen molar-refractivity contribution in [2.24, 2.45) is 5.92 Å². The molecule has 2 aromatic carbocycles. The van der Waals surface area contributed by atoms with Gasteiger partial charge in [0.2, 0.25) is 11.8 Å². The van der Waals surface area contributed by atoms with Crippen LogP contribution >= 0.6 is 0 Å². The summed E-state index contributed by atoms with van der Waals surface area (Å²) < 4.78 is 7.02. The van der Waals surface area contributed by atoms with Crippen LogP contribution in [-0.2, 0) is 16.1 Å². The quantitative estimate of drug-likeness (QED) is 0.653. The number of anilines is 2. The number of hydrogen-bond acceptors (Lipinski definition) is 5. The number of fused-ring (bicyclic) bond motifs is 1. The number of benzene rings is 2. The summed E-state index contributed by atoms with van der Waals surface area (Å²) in [7, 11) is 1.65. The lowest BCUT2D eigenvalue weighted by Gasteiger charge is -2.37. The highest BCUT2D eigenvalue weighted by Gasteiger charge is 2.32. The van der Waals surface area contributed by atoms with Gasteiger partial charge in [-0.1, -0.05) is 30.3 Å². The van der Waals surface area contributed by atoms with Gasteiger partial charge in [0.25, 0.3) is 0 Å². The van der Waals surface area contributed by atoms with Gasteiger partial charge >= 0.3 is 0 Å². The first kappa shape index (κ1) is 21.1. The molecular formula is C25H27N5O3. The average molecular weight is 446 g/mol. The smallest absolute Gasteiger partial charge is 0.231 e. The molecule has 2 aliphatic heterocycles. The molecule has 0 saturated carbocycles. The second-order valence-corrected chi connectivity index (χ2v) is 8.41. The van der Waals surface area contributed by atoms with Gasteiger partial charge in [0.1, 0.15) is 11.6 Å². The Labute approximate surface area is 192 Å². The summed E-state index contributed by atoms with van der Waals surface area (Å²) in [4.78, 5) is 29.9. The van der Waals surface area contributed by atoms with Gasteiger partial charge in [0.15, 0.2) is 0 Å². The van der Waals surface area contributed by atoms with E-state index in [1.165, 1.54) is 0 Å². The topological polar surface area (TPSA) is 79.7 Å². The lowest BCUT2D eigenvalue weighted by Crippen LogP contribution is -2.49. The first-order valence-corrected chi connectivity index (χ1v) is 11.2. The van der Waals surface area contributed by atoms with Crippen molar-refractivity contribution in [2.75, 3.05) is 43.5 Å². The maximum absolute atomic E-state index is 13.0. The van der Waals surface area contributed by atoms with Crippen molar-refractivity contribution in [3.8, 4) is 16.9 Å². The molecule has 5 rings (SSSR count). The van der Waals surface area contributed by atoms with E-state index < -0.39 is 5.92 Å². The third kappa shape index (κ3) is 4.28. The molecule has 8 nitrogen and oxygen atoms in total. The molecule has 2 amide bonds. The number of carbonyl (C=O) groups excluding carboxylic acids is 2. The summed E-state index contributed by atoms with van der Waals surface area (Å²) in [5.74, 6) is 1.000. The number of methoxy groups -OCH3 is 1. The van der Waals surface area contributed by atoms with E-state index in [0.29, 0.717) is 25.5 Å². The molecule has 1 atom stereocenters. The third-order valence-corrected chi connectivity index (χ3v) is 6.42. The van der Waals surface area contributed by atoms with Crippen molar-refractivity contribution in [2.45, 2.75) is 13.0 Å². The molecule has 2 aliphatic rings. The molecule has 8 heteroatoms. The zero-order chi connectivity index (χ0) is 22.8. The largest absolute Gasteiger partial charge is 0.497 e. The number of aromatic nitrogens is 2. The molecule has 0 aliphatic carbocycles. The first-order chi connectivity index (χ1) is 16.1. The summed E-state index contributed by atoms with van der Waals surface area (Å²) in [5.41, 5.74) is 3.02. The van der Waals surface area contributed by atoms with E-state index in [-0.39, 0.29) is 18.2 Å². The number of amides is 2. The SMILES string of the molecule is COc1ccc(N2CCN(C(=O)C[C@@H]3Cn4ncc(-c5ccccc5)c4NC3=O)CC2)cc1. The van der Waals surface area contributed by atoms with E-state index >= 15 is 0 Å². The lowest BCUT2D eigenvalue weighted by atomic mass is 10.0. The van der Waals surface area contributed by atoms with E-state index in [4.69, 9.17) is 4.74 Å². The van der Waals surface area contributed by atoms with Crippen LogP contribution in [0.3, 0.4) is 0 Å². The van der Waals surface area contributed by atoms with Crippen molar-refractivity contribution >= 4 is 23.3 Å². The summed E-state index contributed by atoms with van der Waals surface area (Å²) in [6.07, 6.45) is 1.96. The summed E-state index contributed by atoms with van der Waals surface area (Å²) >= 11 is 0. The monoisotopic (exact) mass is 445 g/mol. The molecular weight excluding hydrogens is 418 g/mol. The maximum atomic E-state index is 13.0. The van der Waals surface area contributed by atoms with Gasteiger partial charge in [0.05, 0.1) is 25.8 Å². The average Bonchev–Trinajstić information content (AvgIpc) is 3.27. The Morgan fingerprint density at radius 1 is 1.06 bits per heavy atom. The van der Waals surface area contributed by atoms with Gasteiger partial charge < -0.3 is 19.9 Å². The van der Waals surface area contributed by atoms with Gasteiger partial charge in [-0.25, -0.2) is 4.68 Å². The Balaban J connectivity index is 1.19. The molecule has 1 fully saturated rings. The minimum atomic E-state index is -0.423. The fraction of sp³-hybridized carbons (Fsp3) is 0.320. The van der Waals surface area contributed by atoms with Crippen molar-refractivity contribution in [1.82, 2.24) is 14.7 Å². The van der Waals surface area contributed by atoms with Crippen molar-refractivity contribution < 1.29 is 14.3 Å². The number of piperazine rings is 1. The Bertz CT molecular complexity index is 1130. The van der Waals surface area contributed by atoms with Crippen LogP contribution in [0.15, 0.2) is 60.8 Å². The normalized spacial score (nSPS) is 18.0. The van der Waals surface area contributed by atoms with E-state index in [2.05, 4.69) is 15.3 Å². The second-order valence-electron chi connectivity index (χ2n) is 8.41. The van der Waals surface area contributed by atoms with Crippen LogP contribution in [0.25, 0.3) is 11.1 Å². The highest BCUT2D eigenvalue weighted by atomic mass is 16.5. The van der Waals surface area contributed by atoms with Gasteiger partial charge in [0, 0.05) is 43.9 Å².